The molecule has 0 unspecified atom stereocenters. The molecule has 24 heavy (non-hydrogen) atoms. The van der Waals surface area contributed by atoms with E-state index in [1.807, 2.05) is 38.1 Å². The Morgan fingerprint density at radius 3 is 2.08 bits per heavy atom. The van der Waals surface area contributed by atoms with Gasteiger partial charge in [-0.1, -0.05) is 6.92 Å². The summed E-state index contributed by atoms with van der Waals surface area (Å²) in [7, 11) is 1.61. The second-order valence-electron chi connectivity index (χ2n) is 5.14. The van der Waals surface area contributed by atoms with Crippen LogP contribution in [0.25, 0.3) is 0 Å². The van der Waals surface area contributed by atoms with Gasteiger partial charge >= 0.3 is 0 Å². The van der Waals surface area contributed by atoms with Gasteiger partial charge in [-0.3, -0.25) is 4.79 Å². The topological polar surface area (TPSA) is 56.8 Å². The minimum absolute atomic E-state index is 0.183. The molecule has 0 aliphatic heterocycles. The third-order valence-electron chi connectivity index (χ3n) is 3.43. The van der Waals surface area contributed by atoms with Crippen LogP contribution in [0.15, 0.2) is 48.5 Å². The second-order valence-corrected chi connectivity index (χ2v) is 5.14. The first-order valence-corrected chi connectivity index (χ1v) is 8.00. The lowest BCUT2D eigenvalue weighted by Gasteiger charge is -2.17. The van der Waals surface area contributed by atoms with E-state index >= 15 is 0 Å². The van der Waals surface area contributed by atoms with Crippen molar-refractivity contribution in [3.63, 3.8) is 0 Å². The summed E-state index contributed by atoms with van der Waals surface area (Å²) < 4.78 is 16.3. The summed E-state index contributed by atoms with van der Waals surface area (Å²) in [6.07, 6.45) is -0.000472. The van der Waals surface area contributed by atoms with Gasteiger partial charge in [0.1, 0.15) is 17.2 Å². The predicted molar refractivity (Wildman–Crippen MR) is 93.9 cm³/mol. The molecule has 0 spiro atoms. The molecule has 1 atom stereocenters. The summed E-state index contributed by atoms with van der Waals surface area (Å²) in [6, 6.07) is 14.4. The first kappa shape index (κ1) is 17.7. The number of nitrogens with one attached hydrogen (secondary N) is 1. The first-order valence-electron chi connectivity index (χ1n) is 8.00. The van der Waals surface area contributed by atoms with Crippen molar-refractivity contribution in [2.75, 3.05) is 19.0 Å². The van der Waals surface area contributed by atoms with Gasteiger partial charge in [0.15, 0.2) is 6.10 Å². The van der Waals surface area contributed by atoms with Crippen LogP contribution in [0.1, 0.15) is 20.3 Å². The highest BCUT2D eigenvalue weighted by Crippen LogP contribution is 2.20. The van der Waals surface area contributed by atoms with Crippen LogP contribution in [0.2, 0.25) is 0 Å². The molecule has 5 nitrogen and oxygen atoms in total. The zero-order valence-electron chi connectivity index (χ0n) is 14.2. The summed E-state index contributed by atoms with van der Waals surface area (Å²) in [4.78, 5) is 12.4. The fourth-order valence-corrected chi connectivity index (χ4v) is 2.16. The Bertz CT molecular complexity index is 637. The van der Waals surface area contributed by atoms with Gasteiger partial charge in [-0.05, 0) is 61.9 Å². The van der Waals surface area contributed by atoms with Crippen molar-refractivity contribution in [1.82, 2.24) is 0 Å². The van der Waals surface area contributed by atoms with E-state index in [-0.39, 0.29) is 5.91 Å². The molecule has 2 rings (SSSR count). The fourth-order valence-electron chi connectivity index (χ4n) is 2.16. The molecule has 0 aliphatic rings. The van der Waals surface area contributed by atoms with Gasteiger partial charge in [0.05, 0.1) is 13.7 Å². The van der Waals surface area contributed by atoms with Crippen LogP contribution in [0.3, 0.4) is 0 Å². The normalized spacial score (nSPS) is 11.5. The maximum atomic E-state index is 12.4. The molecule has 2 aromatic rings. The van der Waals surface area contributed by atoms with Crippen molar-refractivity contribution in [3.05, 3.63) is 48.5 Å². The summed E-state index contributed by atoms with van der Waals surface area (Å²) in [5.74, 6) is 1.97. The van der Waals surface area contributed by atoms with E-state index in [1.165, 1.54) is 0 Å². The molecule has 1 amide bonds. The number of rotatable bonds is 8. The van der Waals surface area contributed by atoms with Crippen molar-refractivity contribution in [2.45, 2.75) is 26.4 Å². The van der Waals surface area contributed by atoms with Crippen LogP contribution in [-0.4, -0.2) is 25.7 Å². The Balaban J connectivity index is 1.97. The monoisotopic (exact) mass is 329 g/mol. The fraction of sp³-hybridized carbons (Fsp3) is 0.316. The Kier molecular flexibility index (Phi) is 6.49. The molecule has 0 saturated carbocycles. The third kappa shape index (κ3) is 4.91. The van der Waals surface area contributed by atoms with Gasteiger partial charge in [-0.25, -0.2) is 0 Å². The van der Waals surface area contributed by atoms with E-state index < -0.39 is 6.10 Å². The SMILES string of the molecule is CCOc1ccc(NC(=O)[C@@H](CC)Oc2ccc(OC)cc2)cc1. The molecule has 0 bridgehead atoms. The average molecular weight is 329 g/mol. The van der Waals surface area contributed by atoms with Crippen LogP contribution >= 0.6 is 0 Å². The highest BCUT2D eigenvalue weighted by atomic mass is 16.5. The number of amides is 1. The molecule has 128 valence electrons. The molecule has 0 heterocycles. The zero-order chi connectivity index (χ0) is 17.4. The smallest absolute Gasteiger partial charge is 0.265 e. The molecule has 0 radical (unpaired) electrons. The number of carbonyl (C=O) groups is 1. The van der Waals surface area contributed by atoms with Crippen molar-refractivity contribution in [1.29, 1.82) is 0 Å². The van der Waals surface area contributed by atoms with E-state index in [0.29, 0.717) is 24.5 Å². The summed E-state index contributed by atoms with van der Waals surface area (Å²) in [5, 5.41) is 2.86. The van der Waals surface area contributed by atoms with Gasteiger partial charge in [-0.2, -0.15) is 0 Å². The van der Waals surface area contributed by atoms with Gasteiger partial charge in [0, 0.05) is 5.69 Å². The van der Waals surface area contributed by atoms with Crippen LogP contribution in [0.4, 0.5) is 5.69 Å². The van der Waals surface area contributed by atoms with Crippen LogP contribution in [-0.2, 0) is 4.79 Å². The lowest BCUT2D eigenvalue weighted by Crippen LogP contribution is -2.32. The summed E-state index contributed by atoms with van der Waals surface area (Å²) in [5.41, 5.74) is 0.709. The lowest BCUT2D eigenvalue weighted by molar-refractivity contribution is -0.122. The quantitative estimate of drug-likeness (QED) is 0.798. The molecule has 5 heteroatoms. The van der Waals surface area contributed by atoms with E-state index in [9.17, 15) is 4.79 Å². The van der Waals surface area contributed by atoms with Crippen LogP contribution < -0.4 is 19.5 Å². The summed E-state index contributed by atoms with van der Waals surface area (Å²) >= 11 is 0. The number of benzene rings is 2. The van der Waals surface area contributed by atoms with E-state index in [2.05, 4.69) is 5.32 Å². The standard InChI is InChI=1S/C19H23NO4/c1-4-18(24-17-12-10-15(22-3)11-13-17)19(21)20-14-6-8-16(9-7-14)23-5-2/h6-13,18H,4-5H2,1-3H3,(H,20,21)/t18-/m1/s1. The Labute approximate surface area is 142 Å². The molecule has 2 aromatic carbocycles. The van der Waals surface area contributed by atoms with Crippen molar-refractivity contribution in [2.24, 2.45) is 0 Å². The van der Waals surface area contributed by atoms with Gasteiger partial charge in [0.25, 0.3) is 5.91 Å². The Morgan fingerprint density at radius 2 is 1.54 bits per heavy atom. The highest BCUT2D eigenvalue weighted by Gasteiger charge is 2.18. The van der Waals surface area contributed by atoms with Crippen LogP contribution in [0, 0.1) is 0 Å². The number of methoxy groups -OCH3 is 1. The zero-order valence-corrected chi connectivity index (χ0v) is 14.2. The summed E-state index contributed by atoms with van der Waals surface area (Å²) in [6.45, 7) is 4.45. The molecule has 0 saturated heterocycles. The van der Waals surface area contributed by atoms with Crippen molar-refractivity contribution < 1.29 is 19.0 Å². The van der Waals surface area contributed by atoms with Crippen LogP contribution in [0.5, 0.6) is 17.2 Å². The number of hydrogen-bond acceptors (Lipinski definition) is 4. The van der Waals surface area contributed by atoms with Crippen molar-refractivity contribution >= 4 is 11.6 Å². The molecular formula is C19H23NO4. The number of hydrogen-bond donors (Lipinski definition) is 1. The maximum Gasteiger partial charge on any atom is 0.265 e. The highest BCUT2D eigenvalue weighted by molar-refractivity contribution is 5.94. The molecule has 0 aliphatic carbocycles. The largest absolute Gasteiger partial charge is 0.497 e. The molecule has 0 aromatic heterocycles. The minimum atomic E-state index is -0.565. The number of carbonyl (C=O) groups excluding carboxylic acids is 1. The minimum Gasteiger partial charge on any atom is -0.497 e. The second kappa shape index (κ2) is 8.82. The number of ether oxygens (including phenoxy) is 3. The first-order chi connectivity index (χ1) is 11.7. The molecule has 1 N–H and O–H groups in total. The van der Waals surface area contributed by atoms with Gasteiger partial charge < -0.3 is 19.5 Å². The van der Waals surface area contributed by atoms with E-state index in [4.69, 9.17) is 14.2 Å². The molecular weight excluding hydrogens is 306 g/mol. The average Bonchev–Trinajstić information content (AvgIpc) is 2.62. The Hall–Kier alpha value is -2.69. The third-order valence-corrected chi connectivity index (χ3v) is 3.43. The van der Waals surface area contributed by atoms with Gasteiger partial charge in [-0.15, -0.1) is 0 Å². The predicted octanol–water partition coefficient (Wildman–Crippen LogP) is 3.89. The Morgan fingerprint density at radius 1 is 0.958 bits per heavy atom. The maximum absolute atomic E-state index is 12.4. The van der Waals surface area contributed by atoms with Crippen molar-refractivity contribution in [3.8, 4) is 17.2 Å². The number of anilines is 1. The van der Waals surface area contributed by atoms with E-state index in [1.54, 1.807) is 31.4 Å². The van der Waals surface area contributed by atoms with E-state index in [0.717, 1.165) is 11.5 Å². The lowest BCUT2D eigenvalue weighted by atomic mass is 10.2. The molecule has 0 fully saturated rings. The van der Waals surface area contributed by atoms with Gasteiger partial charge in [0.2, 0.25) is 0 Å².